The largest absolute Gasteiger partial charge is 0.481 e. The van der Waals surface area contributed by atoms with Crippen LogP contribution in [-0.4, -0.2) is 42.1 Å². The van der Waals surface area contributed by atoms with Crippen LogP contribution in [0.2, 0.25) is 0 Å². The third kappa shape index (κ3) is 4.18. The number of amides is 1. The summed E-state index contributed by atoms with van der Waals surface area (Å²) in [6.45, 7) is 4.57. The zero-order chi connectivity index (χ0) is 18.8. The van der Waals surface area contributed by atoms with E-state index in [1.165, 1.54) is 13.8 Å². The number of rotatable bonds is 7. The Morgan fingerprint density at radius 1 is 1.32 bits per heavy atom. The minimum Gasteiger partial charge on any atom is -0.481 e. The summed E-state index contributed by atoms with van der Waals surface area (Å²) in [7, 11) is -4.01. The molecule has 1 heterocycles. The molecule has 1 amide bonds. The molecule has 1 unspecified atom stereocenters. The van der Waals surface area contributed by atoms with Gasteiger partial charge in [0.1, 0.15) is 16.1 Å². The molecule has 1 aliphatic carbocycles. The normalized spacial score (nSPS) is 18.0. The first kappa shape index (κ1) is 19.4. The van der Waals surface area contributed by atoms with Gasteiger partial charge >= 0.3 is 5.97 Å². The van der Waals surface area contributed by atoms with Gasteiger partial charge in [-0.3, -0.25) is 9.59 Å². The fourth-order valence-electron chi connectivity index (χ4n) is 3.20. The number of aromatic nitrogens is 1. The minimum atomic E-state index is -4.01. The quantitative estimate of drug-likeness (QED) is 0.644. The molecule has 9 nitrogen and oxygen atoms in total. The van der Waals surface area contributed by atoms with Crippen molar-refractivity contribution in [1.82, 2.24) is 15.2 Å². The number of carbonyl (C=O) groups is 2. The Morgan fingerprint density at radius 3 is 2.40 bits per heavy atom. The molecule has 10 heteroatoms. The van der Waals surface area contributed by atoms with Crippen molar-refractivity contribution in [3.8, 4) is 0 Å². The van der Waals surface area contributed by atoms with Crippen molar-refractivity contribution in [2.75, 3.05) is 0 Å². The summed E-state index contributed by atoms with van der Waals surface area (Å²) in [5, 5.41) is 15.1. The molecule has 0 bridgehead atoms. The lowest BCUT2D eigenvalue weighted by Gasteiger charge is -2.30. The average Bonchev–Trinajstić information content (AvgIpc) is 3.05. The molecule has 140 valence electrons. The molecule has 3 N–H and O–H groups in total. The first-order valence-electron chi connectivity index (χ1n) is 8.07. The van der Waals surface area contributed by atoms with Gasteiger partial charge in [-0.2, -0.15) is 4.72 Å². The van der Waals surface area contributed by atoms with Gasteiger partial charge in [0, 0.05) is 6.04 Å². The average molecular weight is 373 g/mol. The molecule has 1 aromatic rings. The Morgan fingerprint density at radius 2 is 1.92 bits per heavy atom. The van der Waals surface area contributed by atoms with E-state index in [0.29, 0.717) is 25.7 Å². The highest BCUT2D eigenvalue weighted by atomic mass is 32.2. The number of carbonyl (C=O) groups excluding carboxylic acids is 1. The summed E-state index contributed by atoms with van der Waals surface area (Å²) in [4.78, 5) is 23.4. The summed E-state index contributed by atoms with van der Waals surface area (Å²) < 4.78 is 33.0. The lowest BCUT2D eigenvalue weighted by molar-refractivity contribution is -0.137. The lowest BCUT2D eigenvalue weighted by Crippen LogP contribution is -2.58. The highest BCUT2D eigenvalue weighted by Gasteiger charge is 2.45. The Balaban J connectivity index is 2.25. The standard InChI is InChI=1S/C15H23N3O6S/c1-9(8-12(19)20)16-14(21)15(6-4-5-7-15)18-25(22,23)13-10(2)17-24-11(13)3/h9,18H,4-8H2,1-3H3,(H,16,21)(H,19,20). The molecule has 0 radical (unpaired) electrons. The number of hydrogen-bond acceptors (Lipinski definition) is 6. The molecule has 25 heavy (non-hydrogen) atoms. The molecule has 1 saturated carbocycles. The summed E-state index contributed by atoms with van der Waals surface area (Å²) in [6, 6.07) is -0.606. The van der Waals surface area contributed by atoms with E-state index >= 15 is 0 Å². The van der Waals surface area contributed by atoms with Crippen molar-refractivity contribution in [2.45, 2.75) is 69.4 Å². The van der Waals surface area contributed by atoms with Crippen molar-refractivity contribution in [3.05, 3.63) is 11.5 Å². The van der Waals surface area contributed by atoms with E-state index < -0.39 is 33.5 Å². The fraction of sp³-hybridized carbons (Fsp3) is 0.667. The number of nitrogens with zero attached hydrogens (tertiary/aromatic N) is 1. The summed E-state index contributed by atoms with van der Waals surface area (Å²) in [6.07, 6.45) is 1.86. The van der Waals surface area contributed by atoms with Crippen LogP contribution in [-0.2, 0) is 19.6 Å². The second kappa shape index (κ2) is 7.12. The number of aryl methyl sites for hydroxylation is 2. The monoisotopic (exact) mass is 373 g/mol. The van der Waals surface area contributed by atoms with E-state index in [2.05, 4.69) is 15.2 Å². The van der Waals surface area contributed by atoms with Crippen molar-refractivity contribution in [2.24, 2.45) is 0 Å². The molecule has 1 aromatic heterocycles. The molecule has 2 rings (SSSR count). The maximum absolute atomic E-state index is 12.8. The topological polar surface area (TPSA) is 139 Å². The molecular formula is C15H23N3O6S. The van der Waals surface area contributed by atoms with Crippen molar-refractivity contribution in [3.63, 3.8) is 0 Å². The van der Waals surface area contributed by atoms with E-state index in [1.807, 2.05) is 0 Å². The van der Waals surface area contributed by atoms with Crippen LogP contribution in [0.3, 0.4) is 0 Å². The van der Waals surface area contributed by atoms with Gasteiger partial charge in [-0.25, -0.2) is 8.42 Å². The first-order chi connectivity index (χ1) is 11.6. The Kier molecular flexibility index (Phi) is 5.52. The third-order valence-electron chi connectivity index (χ3n) is 4.32. The van der Waals surface area contributed by atoms with Gasteiger partial charge in [-0.1, -0.05) is 18.0 Å². The fourth-order valence-corrected chi connectivity index (χ4v) is 4.95. The van der Waals surface area contributed by atoms with E-state index in [4.69, 9.17) is 9.63 Å². The molecular weight excluding hydrogens is 350 g/mol. The van der Waals surface area contributed by atoms with E-state index in [0.717, 1.165) is 0 Å². The predicted molar refractivity (Wildman–Crippen MR) is 87.4 cm³/mol. The number of aliphatic carboxylic acids is 1. The molecule has 0 aliphatic heterocycles. The summed E-state index contributed by atoms with van der Waals surface area (Å²) in [5.41, 5.74) is -1.07. The number of carboxylic acid groups (broad SMARTS) is 1. The zero-order valence-corrected chi connectivity index (χ0v) is 15.3. The van der Waals surface area contributed by atoms with Gasteiger partial charge in [0.2, 0.25) is 15.9 Å². The Hall–Kier alpha value is -1.94. The van der Waals surface area contributed by atoms with Gasteiger partial charge in [0.05, 0.1) is 6.42 Å². The second-order valence-electron chi connectivity index (χ2n) is 6.52. The number of nitrogens with one attached hydrogen (secondary N) is 2. The maximum Gasteiger partial charge on any atom is 0.305 e. The van der Waals surface area contributed by atoms with Gasteiger partial charge in [0.25, 0.3) is 0 Å². The smallest absolute Gasteiger partial charge is 0.305 e. The molecule has 1 atom stereocenters. The zero-order valence-electron chi connectivity index (χ0n) is 14.5. The van der Waals surface area contributed by atoms with Crippen LogP contribution in [0.5, 0.6) is 0 Å². The number of sulfonamides is 1. The van der Waals surface area contributed by atoms with Crippen LogP contribution in [0.1, 0.15) is 50.5 Å². The van der Waals surface area contributed by atoms with Gasteiger partial charge in [0.15, 0.2) is 5.76 Å². The highest BCUT2D eigenvalue weighted by Crippen LogP contribution is 2.32. The Labute approximate surface area is 146 Å². The van der Waals surface area contributed by atoms with Crippen molar-refractivity contribution < 1.29 is 27.6 Å². The molecule has 0 aromatic carbocycles. The third-order valence-corrected chi connectivity index (χ3v) is 6.10. The van der Waals surface area contributed by atoms with E-state index in [9.17, 15) is 18.0 Å². The SMILES string of the molecule is Cc1noc(C)c1S(=O)(=O)NC1(C(=O)NC(C)CC(=O)O)CCCC1. The van der Waals surface area contributed by atoms with Crippen LogP contribution in [0.4, 0.5) is 0 Å². The first-order valence-corrected chi connectivity index (χ1v) is 9.55. The van der Waals surface area contributed by atoms with Crippen LogP contribution in [0.15, 0.2) is 9.42 Å². The van der Waals surface area contributed by atoms with Crippen LogP contribution < -0.4 is 10.0 Å². The number of carboxylic acids is 1. The van der Waals surface area contributed by atoms with Gasteiger partial charge < -0.3 is 14.9 Å². The predicted octanol–water partition coefficient (Wildman–Crippen LogP) is 0.862. The van der Waals surface area contributed by atoms with Gasteiger partial charge in [-0.05, 0) is 33.6 Å². The Bertz CT molecular complexity index is 745. The summed E-state index contributed by atoms with van der Waals surface area (Å²) in [5.74, 6) is -1.39. The van der Waals surface area contributed by atoms with Gasteiger partial charge in [-0.15, -0.1) is 0 Å². The van der Waals surface area contributed by atoms with Crippen LogP contribution >= 0.6 is 0 Å². The van der Waals surface area contributed by atoms with Crippen molar-refractivity contribution >= 4 is 21.9 Å². The molecule has 1 fully saturated rings. The number of hydrogen-bond donors (Lipinski definition) is 3. The highest BCUT2D eigenvalue weighted by molar-refractivity contribution is 7.89. The lowest BCUT2D eigenvalue weighted by atomic mass is 9.97. The van der Waals surface area contributed by atoms with E-state index in [-0.39, 0.29) is 22.8 Å². The van der Waals surface area contributed by atoms with Crippen LogP contribution in [0.25, 0.3) is 0 Å². The van der Waals surface area contributed by atoms with Crippen LogP contribution in [0, 0.1) is 13.8 Å². The molecule has 0 spiro atoms. The summed E-state index contributed by atoms with van der Waals surface area (Å²) >= 11 is 0. The van der Waals surface area contributed by atoms with E-state index in [1.54, 1.807) is 6.92 Å². The maximum atomic E-state index is 12.8. The molecule has 1 aliphatic rings. The minimum absolute atomic E-state index is 0.0647. The molecule has 0 saturated heterocycles. The second-order valence-corrected chi connectivity index (χ2v) is 8.14. The van der Waals surface area contributed by atoms with Crippen molar-refractivity contribution in [1.29, 1.82) is 0 Å².